The topological polar surface area (TPSA) is 121 Å². The van der Waals surface area contributed by atoms with Gasteiger partial charge in [0.1, 0.15) is 29.2 Å². The zero-order chi connectivity index (χ0) is 25.7. The second kappa shape index (κ2) is 8.59. The molecule has 1 saturated heterocycles. The SMILES string of the molecule is Cc1c(-c2cc(OC3c4ncccc4CC3(C)C)n3c(C#N)cnc3c2)nnn1C1CCN(C#N)CC1. The van der Waals surface area contributed by atoms with Crippen LogP contribution in [-0.2, 0) is 6.42 Å². The summed E-state index contributed by atoms with van der Waals surface area (Å²) < 4.78 is 10.4. The highest BCUT2D eigenvalue weighted by Gasteiger charge is 2.42. The Morgan fingerprint density at radius 2 is 1.95 bits per heavy atom. The summed E-state index contributed by atoms with van der Waals surface area (Å²) in [5.74, 6) is 0.523. The van der Waals surface area contributed by atoms with Gasteiger partial charge in [0, 0.05) is 36.3 Å². The molecule has 1 aliphatic heterocycles. The molecule has 5 heterocycles. The third-order valence-corrected chi connectivity index (χ3v) is 7.61. The van der Waals surface area contributed by atoms with Crippen LogP contribution in [0.5, 0.6) is 5.88 Å². The zero-order valence-corrected chi connectivity index (χ0v) is 21.1. The van der Waals surface area contributed by atoms with E-state index in [1.807, 2.05) is 29.8 Å². The summed E-state index contributed by atoms with van der Waals surface area (Å²) in [6.45, 7) is 7.80. The summed E-state index contributed by atoms with van der Waals surface area (Å²) in [5.41, 5.74) is 5.46. The monoisotopic (exact) mass is 493 g/mol. The number of rotatable bonds is 4. The number of nitrogens with zero attached hydrogens (tertiary/aromatic N) is 9. The Kier molecular flexibility index (Phi) is 5.34. The van der Waals surface area contributed by atoms with Gasteiger partial charge in [-0.05, 0) is 43.9 Å². The van der Waals surface area contributed by atoms with E-state index in [2.05, 4.69) is 52.5 Å². The fourth-order valence-electron chi connectivity index (χ4n) is 5.67. The smallest absolute Gasteiger partial charge is 0.201 e. The van der Waals surface area contributed by atoms with Crippen molar-refractivity contribution in [3.8, 4) is 29.4 Å². The quantitative estimate of drug-likeness (QED) is 0.391. The normalized spacial score (nSPS) is 18.9. The van der Waals surface area contributed by atoms with Crippen LogP contribution in [0.1, 0.15) is 61.5 Å². The Morgan fingerprint density at radius 3 is 2.70 bits per heavy atom. The van der Waals surface area contributed by atoms with Crippen LogP contribution in [0.2, 0.25) is 0 Å². The molecule has 10 heteroatoms. The van der Waals surface area contributed by atoms with Crippen LogP contribution in [0.4, 0.5) is 0 Å². The number of nitriles is 2. The van der Waals surface area contributed by atoms with Crippen molar-refractivity contribution in [2.45, 2.75) is 52.2 Å². The second-order valence-corrected chi connectivity index (χ2v) is 10.5. The molecule has 1 unspecified atom stereocenters. The first-order valence-electron chi connectivity index (χ1n) is 12.5. The number of imidazole rings is 1. The van der Waals surface area contributed by atoms with Gasteiger partial charge in [-0.25, -0.2) is 9.67 Å². The fraction of sp³-hybridized carbons (Fsp3) is 0.407. The molecule has 1 atom stereocenters. The van der Waals surface area contributed by atoms with Gasteiger partial charge in [-0.2, -0.15) is 10.5 Å². The molecule has 0 bridgehead atoms. The third-order valence-electron chi connectivity index (χ3n) is 7.61. The van der Waals surface area contributed by atoms with Crippen molar-refractivity contribution >= 4 is 5.65 Å². The third kappa shape index (κ3) is 3.77. The Labute approximate surface area is 214 Å². The number of fused-ring (bicyclic) bond motifs is 2. The summed E-state index contributed by atoms with van der Waals surface area (Å²) in [6, 6.07) is 10.3. The molecule has 186 valence electrons. The number of hydrogen-bond acceptors (Lipinski definition) is 8. The molecule has 4 aromatic rings. The lowest BCUT2D eigenvalue weighted by Crippen LogP contribution is -2.31. The van der Waals surface area contributed by atoms with Crippen molar-refractivity contribution in [1.82, 2.24) is 34.3 Å². The summed E-state index contributed by atoms with van der Waals surface area (Å²) in [5, 5.41) is 28.0. The maximum atomic E-state index is 9.76. The molecule has 10 nitrogen and oxygen atoms in total. The molecule has 0 saturated carbocycles. The highest BCUT2D eigenvalue weighted by Crippen LogP contribution is 2.47. The van der Waals surface area contributed by atoms with Gasteiger partial charge >= 0.3 is 0 Å². The minimum absolute atomic E-state index is 0.177. The number of hydrogen-bond donors (Lipinski definition) is 0. The van der Waals surface area contributed by atoms with Crippen LogP contribution in [-0.4, -0.2) is 47.4 Å². The standard InChI is InChI=1S/C27H27N9O/c1-17-24(32-33-36(17)20-6-9-34(16-29)10-7-20)19-11-22-31-15-21(14-28)35(22)23(12-19)37-26-25-18(5-4-8-30-25)13-27(26,2)3/h4-5,8,11-12,15,20,26H,6-7,9-10,13H2,1-3H3. The fourth-order valence-corrected chi connectivity index (χ4v) is 5.67. The van der Waals surface area contributed by atoms with E-state index in [1.165, 1.54) is 5.56 Å². The van der Waals surface area contributed by atoms with Gasteiger partial charge in [0.15, 0.2) is 6.19 Å². The van der Waals surface area contributed by atoms with Crippen LogP contribution in [0, 0.1) is 35.1 Å². The molecule has 0 aromatic carbocycles. The number of likely N-dealkylation sites (tertiary alicyclic amines) is 1. The maximum Gasteiger partial charge on any atom is 0.201 e. The Balaban J connectivity index is 1.41. The minimum atomic E-state index is -0.279. The first-order valence-corrected chi connectivity index (χ1v) is 12.5. The summed E-state index contributed by atoms with van der Waals surface area (Å²) in [7, 11) is 0. The van der Waals surface area contributed by atoms with Crippen LogP contribution in [0.15, 0.2) is 36.7 Å². The van der Waals surface area contributed by atoms with Crippen LogP contribution < -0.4 is 4.74 Å². The Hall–Kier alpha value is -4.44. The van der Waals surface area contributed by atoms with Crippen LogP contribution in [0.25, 0.3) is 16.9 Å². The van der Waals surface area contributed by atoms with E-state index in [9.17, 15) is 10.5 Å². The lowest BCUT2D eigenvalue weighted by Gasteiger charge is -2.28. The first-order chi connectivity index (χ1) is 17.9. The van der Waals surface area contributed by atoms with E-state index >= 15 is 0 Å². The minimum Gasteiger partial charge on any atom is -0.468 e. The van der Waals surface area contributed by atoms with E-state index in [4.69, 9.17) is 4.74 Å². The van der Waals surface area contributed by atoms with E-state index in [1.54, 1.807) is 21.7 Å². The number of ether oxygens (including phenoxy) is 1. The predicted molar refractivity (Wildman–Crippen MR) is 134 cm³/mol. The highest BCUT2D eigenvalue weighted by atomic mass is 16.5. The second-order valence-electron chi connectivity index (χ2n) is 10.5. The maximum absolute atomic E-state index is 9.76. The largest absolute Gasteiger partial charge is 0.468 e. The molecule has 37 heavy (non-hydrogen) atoms. The Morgan fingerprint density at radius 1 is 1.14 bits per heavy atom. The van der Waals surface area contributed by atoms with Crippen molar-refractivity contribution < 1.29 is 4.74 Å². The van der Waals surface area contributed by atoms with Crippen molar-refractivity contribution in [3.63, 3.8) is 0 Å². The van der Waals surface area contributed by atoms with Gasteiger partial charge in [0.25, 0.3) is 0 Å². The molecule has 2 aliphatic rings. The summed E-state index contributed by atoms with van der Waals surface area (Å²) in [6.07, 6.45) is 7.86. The van der Waals surface area contributed by atoms with Crippen molar-refractivity contribution in [1.29, 1.82) is 10.5 Å². The highest BCUT2D eigenvalue weighted by molar-refractivity contribution is 5.68. The van der Waals surface area contributed by atoms with Gasteiger partial charge in [-0.3, -0.25) is 9.38 Å². The van der Waals surface area contributed by atoms with Crippen molar-refractivity contribution in [3.05, 3.63) is 59.3 Å². The zero-order valence-electron chi connectivity index (χ0n) is 21.1. The molecule has 0 radical (unpaired) electrons. The van der Waals surface area contributed by atoms with Gasteiger partial charge in [0.05, 0.1) is 23.6 Å². The van der Waals surface area contributed by atoms with Gasteiger partial charge in [-0.1, -0.05) is 25.1 Å². The summed E-state index contributed by atoms with van der Waals surface area (Å²) in [4.78, 5) is 10.9. The van der Waals surface area contributed by atoms with Crippen molar-refractivity contribution in [2.24, 2.45) is 5.41 Å². The molecule has 0 spiro atoms. The number of aromatic nitrogens is 6. The van der Waals surface area contributed by atoms with E-state index < -0.39 is 0 Å². The average Bonchev–Trinajstić information content (AvgIpc) is 3.57. The molecule has 6 rings (SSSR count). The first kappa shape index (κ1) is 23.0. The number of piperidine rings is 1. The average molecular weight is 494 g/mol. The molecular weight excluding hydrogens is 466 g/mol. The molecule has 1 aliphatic carbocycles. The summed E-state index contributed by atoms with van der Waals surface area (Å²) >= 11 is 0. The van der Waals surface area contributed by atoms with Gasteiger partial charge in [-0.15, -0.1) is 5.10 Å². The lowest BCUT2D eigenvalue weighted by molar-refractivity contribution is 0.0814. The van der Waals surface area contributed by atoms with Crippen molar-refractivity contribution in [2.75, 3.05) is 13.1 Å². The van der Waals surface area contributed by atoms with Gasteiger partial charge < -0.3 is 9.64 Å². The lowest BCUT2D eigenvalue weighted by atomic mass is 9.88. The molecule has 1 fully saturated rings. The molecule has 0 N–H and O–H groups in total. The molecular formula is C27H27N9O. The van der Waals surface area contributed by atoms with Crippen LogP contribution in [0.3, 0.4) is 0 Å². The van der Waals surface area contributed by atoms with Crippen LogP contribution >= 0.6 is 0 Å². The van der Waals surface area contributed by atoms with Gasteiger partial charge in [0.2, 0.25) is 5.88 Å². The number of pyridine rings is 2. The molecule has 4 aromatic heterocycles. The van der Waals surface area contributed by atoms with E-state index in [-0.39, 0.29) is 17.6 Å². The van der Waals surface area contributed by atoms with E-state index in [0.717, 1.165) is 55.0 Å². The predicted octanol–water partition coefficient (Wildman–Crippen LogP) is 3.99. The Bertz CT molecular complexity index is 1580. The van der Waals surface area contributed by atoms with E-state index in [0.29, 0.717) is 17.2 Å². The molecule has 0 amide bonds.